The predicted molar refractivity (Wildman–Crippen MR) is 84.1 cm³/mol. The van der Waals surface area contributed by atoms with E-state index in [1.807, 2.05) is 6.20 Å². The van der Waals surface area contributed by atoms with Gasteiger partial charge in [0.05, 0.1) is 25.9 Å². The largest absolute Gasteiger partial charge is 0.394 e. The summed E-state index contributed by atoms with van der Waals surface area (Å²) in [7, 11) is 0. The lowest BCUT2D eigenvalue weighted by molar-refractivity contribution is 0.268. The van der Waals surface area contributed by atoms with E-state index in [0.29, 0.717) is 13.1 Å². The van der Waals surface area contributed by atoms with Crippen LogP contribution in [-0.2, 0) is 19.5 Å². The SMILES string of the molecule is CCCCCc1ccc(NCc2cn(CCO)nn2)cc1. The smallest absolute Gasteiger partial charge is 0.102 e. The first-order chi connectivity index (χ1) is 10.3. The Morgan fingerprint density at radius 1 is 1.19 bits per heavy atom. The monoisotopic (exact) mass is 288 g/mol. The molecule has 2 rings (SSSR count). The standard InChI is InChI=1S/C16H24N4O/c1-2-3-4-5-14-6-8-15(9-7-14)17-12-16-13-20(10-11-21)19-18-16/h6-9,13,17,21H,2-5,10-12H2,1H3. The Morgan fingerprint density at radius 3 is 2.71 bits per heavy atom. The Balaban J connectivity index is 1.79. The molecule has 1 aromatic carbocycles. The first-order valence-corrected chi connectivity index (χ1v) is 7.64. The van der Waals surface area contributed by atoms with Crippen molar-refractivity contribution in [1.29, 1.82) is 0 Å². The number of benzene rings is 1. The predicted octanol–water partition coefficient (Wildman–Crippen LogP) is 2.62. The van der Waals surface area contributed by atoms with Crippen molar-refractivity contribution in [3.8, 4) is 0 Å². The van der Waals surface area contributed by atoms with Crippen molar-refractivity contribution in [3.05, 3.63) is 41.7 Å². The molecule has 0 radical (unpaired) electrons. The van der Waals surface area contributed by atoms with Crippen LogP contribution in [0.2, 0.25) is 0 Å². The van der Waals surface area contributed by atoms with Crippen molar-refractivity contribution in [1.82, 2.24) is 15.0 Å². The second-order valence-corrected chi connectivity index (χ2v) is 5.20. The van der Waals surface area contributed by atoms with Crippen molar-refractivity contribution < 1.29 is 5.11 Å². The van der Waals surface area contributed by atoms with Crippen LogP contribution in [0, 0.1) is 0 Å². The molecule has 0 aliphatic carbocycles. The molecule has 0 aliphatic rings. The summed E-state index contributed by atoms with van der Waals surface area (Å²) in [4.78, 5) is 0. The molecule has 0 bridgehead atoms. The van der Waals surface area contributed by atoms with E-state index in [9.17, 15) is 0 Å². The molecule has 21 heavy (non-hydrogen) atoms. The second-order valence-electron chi connectivity index (χ2n) is 5.20. The number of hydrogen-bond acceptors (Lipinski definition) is 4. The summed E-state index contributed by atoms with van der Waals surface area (Å²) in [5.74, 6) is 0. The van der Waals surface area contributed by atoms with Gasteiger partial charge in [0.15, 0.2) is 0 Å². The quantitative estimate of drug-likeness (QED) is 0.696. The Hall–Kier alpha value is -1.88. The summed E-state index contributed by atoms with van der Waals surface area (Å²) in [5.41, 5.74) is 3.35. The van der Waals surface area contributed by atoms with Crippen LogP contribution in [0.5, 0.6) is 0 Å². The number of anilines is 1. The Labute approximate surface area is 126 Å². The second kappa shape index (κ2) is 8.42. The molecule has 0 aliphatic heterocycles. The number of nitrogens with one attached hydrogen (secondary N) is 1. The summed E-state index contributed by atoms with van der Waals surface area (Å²) in [5, 5.41) is 20.2. The van der Waals surface area contributed by atoms with E-state index in [1.165, 1.54) is 24.8 Å². The maximum atomic E-state index is 8.84. The van der Waals surface area contributed by atoms with Crippen LogP contribution in [0.15, 0.2) is 30.5 Å². The minimum absolute atomic E-state index is 0.0791. The molecule has 0 saturated carbocycles. The van der Waals surface area contributed by atoms with Crippen molar-refractivity contribution in [2.75, 3.05) is 11.9 Å². The van der Waals surface area contributed by atoms with E-state index in [1.54, 1.807) is 4.68 Å². The molecular weight excluding hydrogens is 264 g/mol. The fourth-order valence-electron chi connectivity index (χ4n) is 2.19. The lowest BCUT2D eigenvalue weighted by Crippen LogP contribution is -2.02. The van der Waals surface area contributed by atoms with Gasteiger partial charge in [-0.2, -0.15) is 0 Å². The normalized spacial score (nSPS) is 10.8. The molecule has 0 fully saturated rings. The minimum Gasteiger partial charge on any atom is -0.394 e. The van der Waals surface area contributed by atoms with Gasteiger partial charge < -0.3 is 10.4 Å². The van der Waals surface area contributed by atoms with Gasteiger partial charge in [-0.05, 0) is 30.5 Å². The molecule has 2 aromatic rings. The number of aliphatic hydroxyl groups excluding tert-OH is 1. The highest BCUT2D eigenvalue weighted by Gasteiger charge is 2.00. The maximum Gasteiger partial charge on any atom is 0.102 e. The molecule has 0 unspecified atom stereocenters. The number of hydrogen-bond donors (Lipinski definition) is 2. The van der Waals surface area contributed by atoms with Gasteiger partial charge in [-0.3, -0.25) is 0 Å². The number of aliphatic hydroxyl groups is 1. The fraction of sp³-hybridized carbons (Fsp3) is 0.500. The third kappa shape index (κ3) is 5.19. The van der Waals surface area contributed by atoms with Crippen molar-refractivity contribution in [2.24, 2.45) is 0 Å². The van der Waals surface area contributed by atoms with E-state index < -0.39 is 0 Å². The first kappa shape index (κ1) is 15.5. The van der Waals surface area contributed by atoms with Crippen LogP contribution in [0.3, 0.4) is 0 Å². The molecular formula is C16H24N4O. The third-order valence-corrected chi connectivity index (χ3v) is 3.41. The molecule has 5 heteroatoms. The average Bonchev–Trinajstić information content (AvgIpc) is 2.95. The first-order valence-electron chi connectivity index (χ1n) is 7.64. The van der Waals surface area contributed by atoms with Crippen molar-refractivity contribution in [3.63, 3.8) is 0 Å². The van der Waals surface area contributed by atoms with Gasteiger partial charge in [0, 0.05) is 5.69 Å². The lowest BCUT2D eigenvalue weighted by Gasteiger charge is -2.06. The van der Waals surface area contributed by atoms with Crippen LogP contribution >= 0.6 is 0 Å². The van der Waals surface area contributed by atoms with Gasteiger partial charge >= 0.3 is 0 Å². The molecule has 0 saturated heterocycles. The summed E-state index contributed by atoms with van der Waals surface area (Å²) in [6.07, 6.45) is 6.82. The van der Waals surface area contributed by atoms with Gasteiger partial charge in [0.2, 0.25) is 0 Å². The fourth-order valence-corrected chi connectivity index (χ4v) is 2.19. The molecule has 0 spiro atoms. The summed E-state index contributed by atoms with van der Waals surface area (Å²) in [6.45, 7) is 3.43. The summed E-state index contributed by atoms with van der Waals surface area (Å²) < 4.78 is 1.65. The number of rotatable bonds is 9. The van der Waals surface area contributed by atoms with Crippen LogP contribution in [0.25, 0.3) is 0 Å². The van der Waals surface area contributed by atoms with Crippen LogP contribution in [0.4, 0.5) is 5.69 Å². The van der Waals surface area contributed by atoms with E-state index in [4.69, 9.17) is 5.11 Å². The number of nitrogens with zero attached hydrogens (tertiary/aromatic N) is 3. The molecule has 5 nitrogen and oxygen atoms in total. The highest BCUT2D eigenvalue weighted by atomic mass is 16.3. The van der Waals surface area contributed by atoms with E-state index in [-0.39, 0.29) is 6.61 Å². The van der Waals surface area contributed by atoms with Crippen molar-refractivity contribution in [2.45, 2.75) is 45.7 Å². The molecule has 2 N–H and O–H groups in total. The number of aryl methyl sites for hydroxylation is 1. The summed E-state index contributed by atoms with van der Waals surface area (Å²) >= 11 is 0. The zero-order valence-electron chi connectivity index (χ0n) is 12.6. The zero-order valence-corrected chi connectivity index (χ0v) is 12.6. The van der Waals surface area contributed by atoms with Gasteiger partial charge in [0.25, 0.3) is 0 Å². The summed E-state index contributed by atoms with van der Waals surface area (Å²) in [6, 6.07) is 8.58. The van der Waals surface area contributed by atoms with E-state index >= 15 is 0 Å². The maximum absolute atomic E-state index is 8.84. The molecule has 1 aromatic heterocycles. The van der Waals surface area contributed by atoms with Crippen LogP contribution in [0.1, 0.15) is 37.4 Å². The zero-order chi connectivity index (χ0) is 14.9. The van der Waals surface area contributed by atoms with Gasteiger partial charge in [-0.25, -0.2) is 4.68 Å². The molecule has 0 atom stereocenters. The van der Waals surface area contributed by atoms with Gasteiger partial charge in [-0.15, -0.1) is 5.10 Å². The lowest BCUT2D eigenvalue weighted by atomic mass is 10.1. The Kier molecular flexibility index (Phi) is 6.22. The third-order valence-electron chi connectivity index (χ3n) is 3.41. The minimum atomic E-state index is 0.0791. The Morgan fingerprint density at radius 2 is 2.00 bits per heavy atom. The van der Waals surface area contributed by atoms with Gasteiger partial charge in [0.1, 0.15) is 5.69 Å². The van der Waals surface area contributed by atoms with E-state index in [0.717, 1.165) is 17.8 Å². The van der Waals surface area contributed by atoms with Gasteiger partial charge in [-0.1, -0.05) is 37.1 Å². The number of unbranched alkanes of at least 4 members (excludes halogenated alkanes) is 2. The van der Waals surface area contributed by atoms with Crippen LogP contribution in [-0.4, -0.2) is 26.7 Å². The average molecular weight is 288 g/mol. The van der Waals surface area contributed by atoms with Crippen molar-refractivity contribution >= 4 is 5.69 Å². The molecule has 1 heterocycles. The van der Waals surface area contributed by atoms with Crippen LogP contribution < -0.4 is 5.32 Å². The highest BCUT2D eigenvalue weighted by molar-refractivity contribution is 5.44. The number of aromatic nitrogens is 3. The van der Waals surface area contributed by atoms with E-state index in [2.05, 4.69) is 46.8 Å². The highest BCUT2D eigenvalue weighted by Crippen LogP contribution is 2.13. The molecule has 114 valence electrons. The molecule has 0 amide bonds. The topological polar surface area (TPSA) is 63.0 Å². The Bertz CT molecular complexity index is 521.